The number of fused-ring (bicyclic) bond motifs is 8. The van der Waals surface area contributed by atoms with Crippen molar-refractivity contribution >= 4 is 45.7 Å². The number of phenols is 2. The van der Waals surface area contributed by atoms with Crippen molar-refractivity contribution in [1.29, 1.82) is 0 Å². The molecule has 6 rings (SSSR count). The van der Waals surface area contributed by atoms with E-state index in [-0.39, 0.29) is 23.6 Å². The number of thioether (sulfide) groups is 2. The lowest BCUT2D eigenvalue weighted by Crippen LogP contribution is -2.35. The molecule has 0 aromatic heterocycles. The third-order valence-corrected chi connectivity index (χ3v) is 8.48. The molecule has 0 fully saturated rings. The molecule has 4 N–H and O–H groups in total. The first kappa shape index (κ1) is 16.5. The predicted octanol–water partition coefficient (Wildman–Crippen LogP) is 5.01. The average molecular weight is 407 g/mol. The smallest absolute Gasteiger partial charge is 0.125 e. The van der Waals surface area contributed by atoms with E-state index in [2.05, 4.69) is 59.2 Å². The standard InChI is InChI=1S/C22H18N2O2S2/c25-13-9-10-14(26)18-17(13)19-21(27-15-7-3-1-5-11(15)23-19)22-20(18)24-12-6-2-4-8-16(12)28-22/h1-12,15-16,23-26H. The lowest BCUT2D eigenvalue weighted by molar-refractivity contribution is 0.469. The summed E-state index contributed by atoms with van der Waals surface area (Å²) in [6, 6.07) is 3.47. The number of aromatic hydroxyl groups is 2. The summed E-state index contributed by atoms with van der Waals surface area (Å²) < 4.78 is 0. The van der Waals surface area contributed by atoms with Crippen molar-refractivity contribution in [2.75, 3.05) is 10.6 Å². The van der Waals surface area contributed by atoms with Gasteiger partial charge in [-0.05, 0) is 12.1 Å². The maximum Gasteiger partial charge on any atom is 0.125 e. The van der Waals surface area contributed by atoms with Gasteiger partial charge in [-0.25, -0.2) is 0 Å². The van der Waals surface area contributed by atoms with Crippen molar-refractivity contribution in [3.63, 3.8) is 0 Å². The van der Waals surface area contributed by atoms with Gasteiger partial charge in [0.05, 0.1) is 44.7 Å². The van der Waals surface area contributed by atoms with E-state index < -0.39 is 0 Å². The summed E-state index contributed by atoms with van der Waals surface area (Å²) >= 11 is 3.66. The van der Waals surface area contributed by atoms with Gasteiger partial charge in [0.1, 0.15) is 11.5 Å². The predicted molar refractivity (Wildman–Crippen MR) is 118 cm³/mol. The van der Waals surface area contributed by atoms with Gasteiger partial charge in [-0.15, -0.1) is 23.5 Å². The lowest BCUT2D eigenvalue weighted by Gasteiger charge is -2.39. The van der Waals surface area contributed by atoms with Gasteiger partial charge in [-0.1, -0.05) is 48.6 Å². The zero-order valence-corrected chi connectivity index (χ0v) is 16.4. The zero-order valence-electron chi connectivity index (χ0n) is 14.8. The van der Waals surface area contributed by atoms with Gasteiger partial charge in [-0.3, -0.25) is 0 Å². The van der Waals surface area contributed by atoms with Crippen LogP contribution in [0.1, 0.15) is 0 Å². The fraction of sp³-hybridized carbons (Fsp3) is 0.182. The first-order valence-corrected chi connectivity index (χ1v) is 11.1. The minimum absolute atomic E-state index is 0.164. The summed E-state index contributed by atoms with van der Waals surface area (Å²) in [6.45, 7) is 0. The monoisotopic (exact) mass is 406 g/mol. The zero-order chi connectivity index (χ0) is 18.8. The number of allylic oxidation sites excluding steroid dienone is 4. The molecule has 6 heteroatoms. The summed E-state index contributed by atoms with van der Waals surface area (Å²) in [5.41, 5.74) is 1.83. The van der Waals surface area contributed by atoms with Crippen molar-refractivity contribution < 1.29 is 10.2 Å². The Labute approximate surface area is 171 Å². The SMILES string of the molecule is Oc1ccc(O)c2c3c(c4c(c12)NC1C=CC=CC1S4)SC1C=CC=CC1N3. The van der Waals surface area contributed by atoms with Crippen LogP contribution in [-0.2, 0) is 0 Å². The highest BCUT2D eigenvalue weighted by Crippen LogP contribution is 2.58. The van der Waals surface area contributed by atoms with Gasteiger partial charge >= 0.3 is 0 Å². The largest absolute Gasteiger partial charge is 0.507 e. The van der Waals surface area contributed by atoms with Crippen LogP contribution in [0.2, 0.25) is 0 Å². The van der Waals surface area contributed by atoms with Crippen molar-refractivity contribution in [2.24, 2.45) is 0 Å². The molecule has 2 aromatic rings. The Morgan fingerprint density at radius 3 is 1.54 bits per heavy atom. The molecule has 0 saturated heterocycles. The van der Waals surface area contributed by atoms with E-state index in [1.54, 1.807) is 12.1 Å². The summed E-state index contributed by atoms with van der Waals surface area (Å²) in [7, 11) is 0. The van der Waals surface area contributed by atoms with Crippen LogP contribution >= 0.6 is 23.5 Å². The molecule has 0 spiro atoms. The Morgan fingerprint density at radius 1 is 0.643 bits per heavy atom. The molecular weight excluding hydrogens is 388 g/mol. The third kappa shape index (κ3) is 2.28. The van der Waals surface area contributed by atoms with Crippen molar-refractivity contribution in [1.82, 2.24) is 0 Å². The molecular formula is C22H18N2O2S2. The minimum atomic E-state index is 0.164. The highest BCUT2D eigenvalue weighted by atomic mass is 32.2. The summed E-state index contributed by atoms with van der Waals surface area (Å²) in [5, 5.41) is 30.7. The number of benzene rings is 2. The van der Waals surface area contributed by atoms with E-state index in [9.17, 15) is 10.2 Å². The lowest BCUT2D eigenvalue weighted by atomic mass is 10.00. The number of nitrogens with one attached hydrogen (secondary N) is 2. The molecule has 28 heavy (non-hydrogen) atoms. The van der Waals surface area contributed by atoms with Crippen LogP contribution in [0.25, 0.3) is 10.8 Å². The first-order valence-electron chi connectivity index (χ1n) is 9.31. The average Bonchev–Trinajstić information content (AvgIpc) is 2.73. The fourth-order valence-corrected chi connectivity index (χ4v) is 7.06. The Hall–Kier alpha value is -2.44. The van der Waals surface area contributed by atoms with Crippen LogP contribution in [0, 0.1) is 0 Å². The highest BCUT2D eigenvalue weighted by Gasteiger charge is 2.37. The van der Waals surface area contributed by atoms with Gasteiger partial charge in [0.25, 0.3) is 0 Å². The molecule has 4 nitrogen and oxygen atoms in total. The number of phenolic OH excluding ortho intramolecular Hbond substituents is 2. The van der Waals surface area contributed by atoms with E-state index in [0.29, 0.717) is 21.3 Å². The van der Waals surface area contributed by atoms with E-state index in [0.717, 1.165) is 21.2 Å². The molecule has 0 saturated carbocycles. The number of anilines is 2. The molecule has 2 aliphatic carbocycles. The van der Waals surface area contributed by atoms with Crippen molar-refractivity contribution in [2.45, 2.75) is 32.4 Å². The molecule has 4 unspecified atom stereocenters. The number of hydrogen-bond donors (Lipinski definition) is 4. The topological polar surface area (TPSA) is 64.5 Å². The highest BCUT2D eigenvalue weighted by molar-refractivity contribution is 8.03. The second kappa shape index (κ2) is 6.03. The molecule has 2 heterocycles. The molecule has 0 radical (unpaired) electrons. The maximum atomic E-state index is 10.7. The molecule has 4 atom stereocenters. The molecule has 0 bridgehead atoms. The van der Waals surface area contributed by atoms with Gasteiger partial charge in [0.2, 0.25) is 0 Å². The maximum absolute atomic E-state index is 10.7. The van der Waals surface area contributed by atoms with E-state index in [4.69, 9.17) is 0 Å². The third-order valence-electron chi connectivity index (χ3n) is 5.62. The minimum Gasteiger partial charge on any atom is -0.507 e. The molecule has 4 aliphatic rings. The van der Waals surface area contributed by atoms with E-state index in [1.165, 1.54) is 0 Å². The Balaban J connectivity index is 1.66. The van der Waals surface area contributed by atoms with Crippen LogP contribution in [0.4, 0.5) is 11.4 Å². The Kier molecular flexibility index (Phi) is 3.55. The van der Waals surface area contributed by atoms with E-state index >= 15 is 0 Å². The Bertz CT molecular complexity index is 1050. The normalized spacial score (nSPS) is 28.7. The summed E-state index contributed by atoms with van der Waals surface area (Å²) in [5.74, 6) is 0.364. The van der Waals surface area contributed by atoms with Crippen LogP contribution < -0.4 is 10.6 Å². The van der Waals surface area contributed by atoms with Gasteiger partial charge < -0.3 is 20.8 Å². The second-order valence-corrected chi connectivity index (χ2v) is 9.68. The molecule has 0 amide bonds. The van der Waals surface area contributed by atoms with Crippen LogP contribution in [0.15, 0.2) is 70.5 Å². The van der Waals surface area contributed by atoms with Crippen molar-refractivity contribution in [3.05, 3.63) is 60.7 Å². The summed E-state index contributed by atoms with van der Waals surface area (Å²) in [6.07, 6.45) is 17.0. The Morgan fingerprint density at radius 2 is 1.07 bits per heavy atom. The quantitative estimate of drug-likeness (QED) is 0.461. The number of hydrogen-bond acceptors (Lipinski definition) is 6. The summed E-state index contributed by atoms with van der Waals surface area (Å²) in [4.78, 5) is 2.28. The van der Waals surface area contributed by atoms with Crippen LogP contribution in [0.5, 0.6) is 11.5 Å². The van der Waals surface area contributed by atoms with Crippen LogP contribution in [-0.4, -0.2) is 32.8 Å². The fourth-order valence-electron chi connectivity index (χ4n) is 4.31. The first-order chi connectivity index (χ1) is 13.7. The van der Waals surface area contributed by atoms with Crippen molar-refractivity contribution in [3.8, 4) is 11.5 Å². The second-order valence-electron chi connectivity index (χ2n) is 7.31. The van der Waals surface area contributed by atoms with Gasteiger partial charge in [0, 0.05) is 9.79 Å². The van der Waals surface area contributed by atoms with Gasteiger partial charge in [-0.2, -0.15) is 0 Å². The molecule has 2 aromatic carbocycles. The van der Waals surface area contributed by atoms with Crippen LogP contribution in [0.3, 0.4) is 0 Å². The van der Waals surface area contributed by atoms with E-state index in [1.807, 2.05) is 23.5 Å². The van der Waals surface area contributed by atoms with Gasteiger partial charge in [0.15, 0.2) is 0 Å². The molecule has 140 valence electrons. The molecule has 2 aliphatic heterocycles. The number of rotatable bonds is 0.